The average Bonchev–Trinajstić information content (AvgIpc) is 2.12. The van der Waals surface area contributed by atoms with Crippen molar-refractivity contribution in [3.63, 3.8) is 0 Å². The highest BCUT2D eigenvalue weighted by Gasteiger charge is 2.27. The highest BCUT2D eigenvalue weighted by atomic mass is 14.3. The largest absolute Gasteiger partial charge is 0.0561 e. The molecule has 0 aliphatic heterocycles. The Morgan fingerprint density at radius 3 is 1.56 bits per heavy atom. The summed E-state index contributed by atoms with van der Waals surface area (Å²) in [5.41, 5.74) is 4.66. The summed E-state index contributed by atoms with van der Waals surface area (Å²) >= 11 is 0. The first-order chi connectivity index (χ1) is 7.83. The summed E-state index contributed by atoms with van der Waals surface area (Å²) in [5, 5.41) is 0. The van der Waals surface area contributed by atoms with Crippen LogP contribution in [-0.4, -0.2) is 0 Å². The van der Waals surface area contributed by atoms with Crippen molar-refractivity contribution in [2.45, 2.75) is 78.6 Å². The normalized spacial score (nSPS) is 13.8. The molecule has 1 rings (SSSR count). The van der Waals surface area contributed by atoms with Gasteiger partial charge < -0.3 is 0 Å². The van der Waals surface area contributed by atoms with Gasteiger partial charge in [-0.1, -0.05) is 74.4 Å². The third kappa shape index (κ3) is 3.37. The van der Waals surface area contributed by atoms with Crippen molar-refractivity contribution in [2.75, 3.05) is 0 Å². The minimum atomic E-state index is 0.152. The van der Waals surface area contributed by atoms with E-state index in [9.17, 15) is 0 Å². The Hall–Kier alpha value is -0.780. The summed E-state index contributed by atoms with van der Waals surface area (Å²) in [4.78, 5) is 0. The molecule has 0 nitrogen and oxygen atoms in total. The molecule has 101 valence electrons. The Kier molecular flexibility index (Phi) is 3.74. The summed E-state index contributed by atoms with van der Waals surface area (Å²) in [6, 6.07) is 8.12. The van der Waals surface area contributed by atoms with Gasteiger partial charge in [0, 0.05) is 0 Å². The standard InChI is InChI=1S/C18H29/c1-16(2,3)13-10-11-14(17(4,5)6)15(12-13)18(7,8)9/h10,12H,1-9H3. The monoisotopic (exact) mass is 245 g/mol. The molecule has 0 amide bonds. The van der Waals surface area contributed by atoms with Gasteiger partial charge in [0.25, 0.3) is 0 Å². The fraction of sp³-hybridized carbons (Fsp3) is 0.667. The maximum absolute atomic E-state index is 3.56. The lowest BCUT2D eigenvalue weighted by molar-refractivity contribution is 0.522. The van der Waals surface area contributed by atoms with Gasteiger partial charge in [-0.25, -0.2) is 0 Å². The molecule has 0 aromatic heterocycles. The molecule has 0 saturated carbocycles. The predicted octanol–water partition coefficient (Wildman–Crippen LogP) is 5.38. The zero-order chi connectivity index (χ0) is 14.4. The second kappa shape index (κ2) is 4.40. The molecule has 0 spiro atoms. The molecule has 1 aromatic carbocycles. The quantitative estimate of drug-likeness (QED) is 0.575. The van der Waals surface area contributed by atoms with E-state index in [1.54, 1.807) is 0 Å². The molecule has 1 aromatic rings. The number of hydrogen-bond acceptors (Lipinski definition) is 0. The van der Waals surface area contributed by atoms with Crippen LogP contribution in [0, 0.1) is 6.07 Å². The predicted molar refractivity (Wildman–Crippen MR) is 81.4 cm³/mol. The lowest BCUT2D eigenvalue weighted by atomic mass is 9.73. The molecule has 0 bridgehead atoms. The fourth-order valence-corrected chi connectivity index (χ4v) is 2.14. The van der Waals surface area contributed by atoms with Gasteiger partial charge in [0.15, 0.2) is 0 Å². The van der Waals surface area contributed by atoms with Crippen LogP contribution in [0.25, 0.3) is 0 Å². The van der Waals surface area contributed by atoms with Crippen LogP contribution < -0.4 is 0 Å². The van der Waals surface area contributed by atoms with Crippen molar-refractivity contribution >= 4 is 0 Å². The number of benzene rings is 1. The van der Waals surface area contributed by atoms with Crippen LogP contribution in [0.3, 0.4) is 0 Å². The van der Waals surface area contributed by atoms with Crippen LogP contribution in [0.5, 0.6) is 0 Å². The SMILES string of the molecule is CC(C)(C)c1c[c]c(C(C)(C)C)c(C(C)(C)C)c1. The van der Waals surface area contributed by atoms with Gasteiger partial charge in [-0.3, -0.25) is 0 Å². The average molecular weight is 245 g/mol. The Morgan fingerprint density at radius 2 is 1.22 bits per heavy atom. The highest BCUT2D eigenvalue weighted by Crippen LogP contribution is 2.36. The van der Waals surface area contributed by atoms with Crippen molar-refractivity contribution in [1.82, 2.24) is 0 Å². The van der Waals surface area contributed by atoms with Crippen LogP contribution in [0.2, 0.25) is 0 Å². The Balaban J connectivity index is 3.50. The molecule has 0 aliphatic rings. The van der Waals surface area contributed by atoms with E-state index in [-0.39, 0.29) is 16.2 Å². The maximum atomic E-state index is 3.56. The molecule has 0 atom stereocenters. The van der Waals surface area contributed by atoms with Gasteiger partial charge in [0.1, 0.15) is 0 Å². The van der Waals surface area contributed by atoms with E-state index in [0.717, 1.165) is 0 Å². The zero-order valence-electron chi connectivity index (χ0n) is 13.7. The number of hydrogen-bond donors (Lipinski definition) is 0. The van der Waals surface area contributed by atoms with E-state index < -0.39 is 0 Å². The zero-order valence-corrected chi connectivity index (χ0v) is 13.7. The summed E-state index contributed by atoms with van der Waals surface area (Å²) in [7, 11) is 0. The topological polar surface area (TPSA) is 0 Å². The van der Waals surface area contributed by atoms with Crippen LogP contribution in [0.4, 0.5) is 0 Å². The second-order valence-corrected chi connectivity index (χ2v) is 8.43. The lowest BCUT2D eigenvalue weighted by Gasteiger charge is -2.32. The molecule has 0 heterocycles. The Labute approximate surface area is 114 Å². The van der Waals surface area contributed by atoms with Crippen LogP contribution in [-0.2, 0) is 16.2 Å². The summed E-state index contributed by atoms with van der Waals surface area (Å²) < 4.78 is 0. The Morgan fingerprint density at radius 1 is 0.722 bits per heavy atom. The van der Waals surface area contributed by atoms with E-state index in [2.05, 4.69) is 80.5 Å². The van der Waals surface area contributed by atoms with E-state index in [0.29, 0.717) is 0 Å². The first-order valence-electron chi connectivity index (χ1n) is 6.90. The minimum Gasteiger partial charge on any atom is -0.0561 e. The fourth-order valence-electron chi connectivity index (χ4n) is 2.14. The molecule has 1 radical (unpaired) electrons. The van der Waals surface area contributed by atoms with E-state index in [1.807, 2.05) is 0 Å². The summed E-state index contributed by atoms with van der Waals surface area (Å²) in [6.45, 7) is 20.5. The van der Waals surface area contributed by atoms with Gasteiger partial charge in [-0.05, 0) is 39.0 Å². The molecule has 18 heavy (non-hydrogen) atoms. The van der Waals surface area contributed by atoms with Crippen LogP contribution in [0.1, 0.15) is 79.0 Å². The Bertz CT molecular complexity index is 417. The minimum absolute atomic E-state index is 0.152. The van der Waals surface area contributed by atoms with Gasteiger partial charge in [-0.2, -0.15) is 0 Å². The third-order valence-electron chi connectivity index (χ3n) is 3.37. The lowest BCUT2D eigenvalue weighted by Crippen LogP contribution is -2.24. The van der Waals surface area contributed by atoms with Crippen molar-refractivity contribution in [3.05, 3.63) is 34.9 Å². The molecule has 0 aliphatic carbocycles. The van der Waals surface area contributed by atoms with Crippen LogP contribution in [0.15, 0.2) is 12.1 Å². The molecule has 0 unspecified atom stereocenters. The van der Waals surface area contributed by atoms with Crippen molar-refractivity contribution in [3.8, 4) is 0 Å². The highest BCUT2D eigenvalue weighted by molar-refractivity contribution is 5.41. The summed E-state index contributed by atoms with van der Waals surface area (Å²) in [5.74, 6) is 0. The molecule has 0 N–H and O–H groups in total. The smallest absolute Gasteiger partial charge is 0.0123 e. The first kappa shape index (κ1) is 15.3. The van der Waals surface area contributed by atoms with Gasteiger partial charge >= 0.3 is 0 Å². The van der Waals surface area contributed by atoms with E-state index in [4.69, 9.17) is 0 Å². The first-order valence-corrected chi connectivity index (χ1v) is 6.90. The maximum Gasteiger partial charge on any atom is -0.0123 e. The van der Waals surface area contributed by atoms with Gasteiger partial charge in [-0.15, -0.1) is 0 Å². The van der Waals surface area contributed by atoms with Crippen molar-refractivity contribution in [2.24, 2.45) is 0 Å². The summed E-state index contributed by atoms with van der Waals surface area (Å²) in [6.07, 6.45) is 0. The molecule has 0 heteroatoms. The molecule has 0 fully saturated rings. The van der Waals surface area contributed by atoms with Crippen molar-refractivity contribution < 1.29 is 0 Å². The van der Waals surface area contributed by atoms with Gasteiger partial charge in [0.05, 0.1) is 0 Å². The van der Waals surface area contributed by atoms with Crippen LogP contribution >= 0.6 is 0 Å². The number of rotatable bonds is 0. The second-order valence-electron chi connectivity index (χ2n) is 8.43. The molecule has 0 saturated heterocycles. The molecular formula is C18H29. The third-order valence-corrected chi connectivity index (χ3v) is 3.37. The molecular weight excluding hydrogens is 216 g/mol. The van der Waals surface area contributed by atoms with Crippen molar-refractivity contribution in [1.29, 1.82) is 0 Å². The van der Waals surface area contributed by atoms with Gasteiger partial charge in [0.2, 0.25) is 0 Å². The van der Waals surface area contributed by atoms with E-state index in [1.165, 1.54) is 16.7 Å². The van der Waals surface area contributed by atoms with E-state index >= 15 is 0 Å².